The Bertz CT molecular complexity index is 1370. The molecule has 4 rings (SSSR count). The third kappa shape index (κ3) is 6.31. The van der Waals surface area contributed by atoms with Crippen molar-refractivity contribution in [1.29, 1.82) is 0 Å². The second-order valence-electron chi connectivity index (χ2n) is 9.64. The van der Waals surface area contributed by atoms with Crippen LogP contribution in [0.3, 0.4) is 0 Å². The summed E-state index contributed by atoms with van der Waals surface area (Å²) in [5.74, 6) is -2.62. The Kier molecular flexibility index (Phi) is 8.39. The summed E-state index contributed by atoms with van der Waals surface area (Å²) in [7, 11) is 1.47. The van der Waals surface area contributed by atoms with Crippen molar-refractivity contribution in [3.05, 3.63) is 77.7 Å². The molecule has 1 aliphatic heterocycles. The van der Waals surface area contributed by atoms with E-state index in [2.05, 4.69) is 10.3 Å². The third-order valence-corrected chi connectivity index (χ3v) is 6.65. The van der Waals surface area contributed by atoms with Gasteiger partial charge in [0.15, 0.2) is 0 Å². The monoisotopic (exact) mass is 542 g/mol. The van der Waals surface area contributed by atoms with Crippen molar-refractivity contribution in [1.82, 2.24) is 14.8 Å². The summed E-state index contributed by atoms with van der Waals surface area (Å²) in [6.07, 6.45) is 0.804. The lowest BCUT2D eigenvalue weighted by Crippen LogP contribution is -2.50. The Morgan fingerprint density at radius 2 is 1.92 bits per heavy atom. The molecule has 0 radical (unpaired) electrons. The number of rotatable bonds is 6. The van der Waals surface area contributed by atoms with Gasteiger partial charge in [0.1, 0.15) is 29.1 Å². The molecule has 206 valence electrons. The van der Waals surface area contributed by atoms with Gasteiger partial charge in [0.2, 0.25) is 5.88 Å². The minimum absolute atomic E-state index is 0.0201. The molecule has 39 heavy (non-hydrogen) atoms. The number of carbonyl (C=O) groups is 2. The second kappa shape index (κ2) is 11.7. The van der Waals surface area contributed by atoms with Crippen LogP contribution in [0.2, 0.25) is 0 Å². The summed E-state index contributed by atoms with van der Waals surface area (Å²) in [5, 5.41) is 12.2. The van der Waals surface area contributed by atoms with Gasteiger partial charge in [0.25, 0.3) is 5.91 Å². The average Bonchev–Trinajstić information content (AvgIpc) is 2.91. The molecule has 0 bridgehead atoms. The first-order valence-corrected chi connectivity index (χ1v) is 12.4. The van der Waals surface area contributed by atoms with Gasteiger partial charge in [-0.3, -0.25) is 4.79 Å². The highest BCUT2D eigenvalue weighted by Gasteiger charge is 2.35. The predicted molar refractivity (Wildman–Crippen MR) is 139 cm³/mol. The molecule has 1 aliphatic rings. The van der Waals surface area contributed by atoms with Gasteiger partial charge in [-0.1, -0.05) is 19.1 Å². The van der Waals surface area contributed by atoms with E-state index >= 15 is 0 Å². The number of hydrogen-bond acceptors (Lipinski definition) is 5. The van der Waals surface area contributed by atoms with Crippen LogP contribution in [0.1, 0.15) is 24.2 Å². The zero-order valence-electron chi connectivity index (χ0n) is 21.7. The SMILES string of the molecule is C[C@@H]1CN([C@@H](C)CO)C(=O)c2cc(-c3cccc(F)c3)cnc2O[C@@H]1CN(C)C(=O)Nc1cc(F)ccc1F. The quantitative estimate of drug-likeness (QED) is 0.477. The zero-order valence-corrected chi connectivity index (χ0v) is 21.7. The number of nitrogens with zero attached hydrogens (tertiary/aromatic N) is 3. The molecule has 8 nitrogen and oxygen atoms in total. The number of aromatic nitrogens is 1. The molecule has 2 aromatic carbocycles. The summed E-state index contributed by atoms with van der Waals surface area (Å²) in [6, 6.07) is 8.96. The number of hydrogen-bond donors (Lipinski definition) is 2. The van der Waals surface area contributed by atoms with Crippen LogP contribution in [-0.2, 0) is 0 Å². The van der Waals surface area contributed by atoms with Gasteiger partial charge in [0.05, 0.1) is 24.9 Å². The Morgan fingerprint density at radius 1 is 1.18 bits per heavy atom. The van der Waals surface area contributed by atoms with Crippen molar-refractivity contribution < 1.29 is 32.6 Å². The molecule has 2 N–H and O–H groups in total. The van der Waals surface area contributed by atoms with Crippen molar-refractivity contribution in [3.63, 3.8) is 0 Å². The summed E-state index contributed by atoms with van der Waals surface area (Å²) in [6.45, 7) is 3.48. The first-order chi connectivity index (χ1) is 18.6. The maximum Gasteiger partial charge on any atom is 0.321 e. The fourth-order valence-corrected chi connectivity index (χ4v) is 4.30. The first-order valence-electron chi connectivity index (χ1n) is 12.4. The van der Waals surface area contributed by atoms with E-state index in [1.807, 2.05) is 6.92 Å². The molecule has 3 amide bonds. The summed E-state index contributed by atoms with van der Waals surface area (Å²) in [4.78, 5) is 33.5. The fourth-order valence-electron chi connectivity index (χ4n) is 4.30. The van der Waals surface area contributed by atoms with E-state index in [0.29, 0.717) is 11.1 Å². The smallest absolute Gasteiger partial charge is 0.321 e. The number of anilines is 1. The average molecular weight is 543 g/mol. The summed E-state index contributed by atoms with van der Waals surface area (Å²) < 4.78 is 47.6. The number of aliphatic hydroxyl groups excluding tert-OH is 1. The van der Waals surface area contributed by atoms with Crippen LogP contribution in [0.4, 0.5) is 23.7 Å². The number of pyridine rings is 1. The molecule has 2 heterocycles. The lowest BCUT2D eigenvalue weighted by molar-refractivity contribution is 0.0356. The normalized spacial score (nSPS) is 17.9. The van der Waals surface area contributed by atoms with Crippen molar-refractivity contribution in [3.8, 4) is 17.0 Å². The van der Waals surface area contributed by atoms with Gasteiger partial charge in [-0.2, -0.15) is 0 Å². The van der Waals surface area contributed by atoms with Gasteiger partial charge in [0, 0.05) is 37.3 Å². The van der Waals surface area contributed by atoms with E-state index in [-0.39, 0.29) is 42.7 Å². The van der Waals surface area contributed by atoms with E-state index in [1.165, 1.54) is 35.2 Å². The molecule has 3 aromatic rings. The standard InChI is InChI=1S/C28H29F3N4O4/c1-16-13-35(17(2)15-36)27(37)22-10-19(18-5-4-6-20(29)9-18)12-32-26(22)39-25(16)14-34(3)28(38)33-24-11-21(30)7-8-23(24)31/h4-12,16-17,25,36H,13-15H2,1-3H3,(H,33,38)/t16-,17+,25-/m1/s1. The topological polar surface area (TPSA) is 95.0 Å². The van der Waals surface area contributed by atoms with Gasteiger partial charge in [-0.15, -0.1) is 0 Å². The van der Waals surface area contributed by atoms with Crippen LogP contribution in [0.5, 0.6) is 5.88 Å². The number of halogens is 3. The number of amides is 3. The maximum atomic E-state index is 14.0. The number of likely N-dealkylation sites (N-methyl/N-ethyl adjacent to an activating group) is 1. The lowest BCUT2D eigenvalue weighted by Gasteiger charge is -2.37. The maximum absolute atomic E-state index is 14.0. The highest BCUT2D eigenvalue weighted by atomic mass is 19.1. The predicted octanol–water partition coefficient (Wildman–Crippen LogP) is 4.55. The molecule has 0 aliphatic carbocycles. The Labute approximate surface area is 224 Å². The van der Waals surface area contributed by atoms with Gasteiger partial charge >= 0.3 is 6.03 Å². The Morgan fingerprint density at radius 3 is 2.64 bits per heavy atom. The lowest BCUT2D eigenvalue weighted by atomic mass is 9.99. The van der Waals surface area contributed by atoms with E-state index in [4.69, 9.17) is 4.74 Å². The number of carbonyl (C=O) groups excluding carboxylic acids is 2. The first kappa shape index (κ1) is 27.9. The number of nitrogens with one attached hydrogen (secondary N) is 1. The molecule has 3 atom stereocenters. The van der Waals surface area contributed by atoms with E-state index in [0.717, 1.165) is 18.2 Å². The molecular formula is C28H29F3N4O4. The molecule has 0 spiro atoms. The minimum Gasteiger partial charge on any atom is -0.472 e. The zero-order chi connectivity index (χ0) is 28.3. The van der Waals surface area contributed by atoms with Crippen molar-refractivity contribution in [2.45, 2.75) is 26.0 Å². The van der Waals surface area contributed by atoms with Crippen LogP contribution >= 0.6 is 0 Å². The van der Waals surface area contributed by atoms with E-state index in [1.54, 1.807) is 25.1 Å². The van der Waals surface area contributed by atoms with Crippen molar-refractivity contribution >= 4 is 17.6 Å². The van der Waals surface area contributed by atoms with E-state index < -0.39 is 41.5 Å². The molecule has 1 aromatic heterocycles. The number of benzene rings is 2. The van der Waals surface area contributed by atoms with Crippen LogP contribution < -0.4 is 10.1 Å². The molecule has 0 saturated carbocycles. The molecule has 0 saturated heterocycles. The fraction of sp³-hybridized carbons (Fsp3) is 0.321. The molecular weight excluding hydrogens is 513 g/mol. The number of aliphatic hydroxyl groups is 1. The Hall–Kier alpha value is -4.12. The summed E-state index contributed by atoms with van der Waals surface area (Å²) >= 11 is 0. The van der Waals surface area contributed by atoms with Gasteiger partial charge in [-0.05, 0) is 42.8 Å². The Balaban J connectivity index is 1.63. The van der Waals surface area contributed by atoms with Crippen molar-refractivity contribution in [2.75, 3.05) is 32.1 Å². The minimum atomic E-state index is -0.784. The van der Waals surface area contributed by atoms with Crippen LogP contribution in [0.15, 0.2) is 54.7 Å². The van der Waals surface area contributed by atoms with Gasteiger partial charge in [-0.25, -0.2) is 22.9 Å². The number of fused-ring (bicyclic) bond motifs is 1. The summed E-state index contributed by atoms with van der Waals surface area (Å²) in [5.41, 5.74) is 0.847. The van der Waals surface area contributed by atoms with E-state index in [9.17, 15) is 27.9 Å². The number of ether oxygens (including phenoxy) is 1. The van der Waals surface area contributed by atoms with Crippen LogP contribution in [0.25, 0.3) is 11.1 Å². The third-order valence-electron chi connectivity index (χ3n) is 6.65. The molecule has 11 heteroatoms. The largest absolute Gasteiger partial charge is 0.472 e. The highest BCUT2D eigenvalue weighted by molar-refractivity contribution is 5.98. The highest BCUT2D eigenvalue weighted by Crippen LogP contribution is 2.30. The van der Waals surface area contributed by atoms with Gasteiger partial charge < -0.3 is 25.0 Å². The number of urea groups is 1. The van der Waals surface area contributed by atoms with Crippen molar-refractivity contribution in [2.24, 2.45) is 5.92 Å². The molecule has 0 fully saturated rings. The van der Waals surface area contributed by atoms with Crippen LogP contribution in [0, 0.1) is 23.4 Å². The second-order valence-corrected chi connectivity index (χ2v) is 9.64. The van der Waals surface area contributed by atoms with Crippen LogP contribution in [-0.4, -0.2) is 70.7 Å². The molecule has 0 unspecified atom stereocenters.